The highest BCUT2D eigenvalue weighted by molar-refractivity contribution is 5.93. The van der Waals surface area contributed by atoms with E-state index in [1.807, 2.05) is 14.1 Å². The third-order valence-corrected chi connectivity index (χ3v) is 3.44. The van der Waals surface area contributed by atoms with E-state index in [0.717, 1.165) is 18.7 Å². The van der Waals surface area contributed by atoms with Crippen LogP contribution >= 0.6 is 0 Å². The van der Waals surface area contributed by atoms with Crippen molar-refractivity contribution in [2.24, 2.45) is 0 Å². The Morgan fingerprint density at radius 3 is 2.23 bits per heavy atom. The highest BCUT2D eigenvalue weighted by Crippen LogP contribution is 2.16. The van der Waals surface area contributed by atoms with E-state index in [1.165, 1.54) is 19.3 Å². The van der Waals surface area contributed by atoms with Crippen molar-refractivity contribution < 1.29 is 9.59 Å². The molecule has 0 saturated heterocycles. The Bertz CT molecular complexity index is 728. The van der Waals surface area contributed by atoms with E-state index < -0.39 is 0 Å². The molecule has 0 aliphatic heterocycles. The first-order valence-corrected chi connectivity index (χ1v) is 8.33. The number of nitrogens with zero attached hydrogens (tertiary/aromatic N) is 3. The van der Waals surface area contributed by atoms with Gasteiger partial charge in [0.1, 0.15) is 0 Å². The number of anilines is 3. The normalized spacial score (nSPS) is 10.5. The molecule has 2 rings (SSSR count). The molecule has 0 fully saturated rings. The zero-order valence-corrected chi connectivity index (χ0v) is 15.2. The van der Waals surface area contributed by atoms with Crippen LogP contribution in [-0.4, -0.2) is 53.9 Å². The Morgan fingerprint density at radius 1 is 1.04 bits per heavy atom. The summed E-state index contributed by atoms with van der Waals surface area (Å²) < 4.78 is 0. The van der Waals surface area contributed by atoms with Gasteiger partial charge in [0, 0.05) is 37.2 Å². The fraction of sp³-hybridized carbons (Fsp3) is 0.333. The predicted octanol–water partition coefficient (Wildman–Crippen LogP) is 1.86. The van der Waals surface area contributed by atoms with Gasteiger partial charge >= 0.3 is 0 Å². The highest BCUT2D eigenvalue weighted by atomic mass is 16.2. The summed E-state index contributed by atoms with van der Waals surface area (Å²) >= 11 is 0. The summed E-state index contributed by atoms with van der Waals surface area (Å²) in [5.74, 6) is 0.0843. The quantitative estimate of drug-likeness (QED) is 0.625. The summed E-state index contributed by atoms with van der Waals surface area (Å²) in [6.45, 7) is 2.98. The molecule has 2 aromatic rings. The first kappa shape index (κ1) is 19.3. The molecule has 0 spiro atoms. The molecule has 1 aromatic heterocycles. The van der Waals surface area contributed by atoms with Gasteiger partial charge in [-0.1, -0.05) is 0 Å². The Hall–Kier alpha value is -3.00. The van der Waals surface area contributed by atoms with Crippen LogP contribution in [0.15, 0.2) is 36.7 Å². The molecule has 0 saturated carbocycles. The number of carbonyl (C=O) groups is 2. The minimum Gasteiger partial charge on any atom is -0.352 e. The van der Waals surface area contributed by atoms with E-state index in [4.69, 9.17) is 0 Å². The van der Waals surface area contributed by atoms with E-state index in [2.05, 4.69) is 30.8 Å². The first-order valence-electron chi connectivity index (χ1n) is 8.33. The maximum Gasteiger partial charge on any atom is 0.254 e. The molecule has 0 radical (unpaired) electrons. The second-order valence-electron chi connectivity index (χ2n) is 6.09. The van der Waals surface area contributed by atoms with Gasteiger partial charge in [-0.2, -0.15) is 0 Å². The summed E-state index contributed by atoms with van der Waals surface area (Å²) in [5, 5.41) is 8.59. The molecule has 1 heterocycles. The van der Waals surface area contributed by atoms with Crippen LogP contribution < -0.4 is 16.0 Å². The average molecular weight is 356 g/mol. The Balaban J connectivity index is 1.86. The predicted molar refractivity (Wildman–Crippen MR) is 102 cm³/mol. The molecule has 2 amide bonds. The summed E-state index contributed by atoms with van der Waals surface area (Å²) in [6, 6.07) is 7.17. The van der Waals surface area contributed by atoms with E-state index in [9.17, 15) is 9.59 Å². The maximum atomic E-state index is 12.0. The number of hydrogen-bond donors (Lipinski definition) is 3. The Morgan fingerprint density at radius 2 is 1.65 bits per heavy atom. The van der Waals surface area contributed by atoms with Crippen molar-refractivity contribution in [3.8, 4) is 0 Å². The van der Waals surface area contributed by atoms with Crippen molar-refractivity contribution in [2.45, 2.75) is 13.3 Å². The fourth-order valence-electron chi connectivity index (χ4n) is 2.18. The SMILES string of the molecule is CC(=O)Nc1ccc(Nc2ncc(C(=O)NCCCN(C)C)cn2)cc1. The van der Waals surface area contributed by atoms with Crippen molar-refractivity contribution in [2.75, 3.05) is 37.8 Å². The van der Waals surface area contributed by atoms with Gasteiger partial charge in [0.15, 0.2) is 0 Å². The summed E-state index contributed by atoms with van der Waals surface area (Å²) in [6.07, 6.45) is 3.86. The lowest BCUT2D eigenvalue weighted by Gasteiger charge is -2.10. The van der Waals surface area contributed by atoms with Crippen LogP contribution in [0.4, 0.5) is 17.3 Å². The Labute approximate surface area is 153 Å². The van der Waals surface area contributed by atoms with Gasteiger partial charge in [0.2, 0.25) is 11.9 Å². The molecule has 0 unspecified atom stereocenters. The smallest absolute Gasteiger partial charge is 0.254 e. The standard InChI is InChI=1S/C18H24N6O2/c1-13(25)22-15-5-7-16(8-6-15)23-18-20-11-14(12-21-18)17(26)19-9-4-10-24(2)3/h5-8,11-12H,4,9-10H2,1-3H3,(H,19,26)(H,22,25)(H,20,21,23). The number of rotatable bonds is 8. The van der Waals surface area contributed by atoms with Gasteiger partial charge in [0.05, 0.1) is 5.56 Å². The molecule has 0 aliphatic carbocycles. The molecule has 0 aliphatic rings. The van der Waals surface area contributed by atoms with Crippen molar-refractivity contribution in [1.29, 1.82) is 0 Å². The number of aromatic nitrogens is 2. The minimum atomic E-state index is -0.185. The molecule has 0 bridgehead atoms. The highest BCUT2D eigenvalue weighted by Gasteiger charge is 2.07. The largest absolute Gasteiger partial charge is 0.352 e. The lowest BCUT2D eigenvalue weighted by atomic mass is 10.3. The van der Waals surface area contributed by atoms with Crippen molar-refractivity contribution in [1.82, 2.24) is 20.2 Å². The molecule has 3 N–H and O–H groups in total. The molecular formula is C18H24N6O2. The third kappa shape index (κ3) is 6.48. The van der Waals surface area contributed by atoms with Crippen LogP contribution in [0.1, 0.15) is 23.7 Å². The average Bonchev–Trinajstić information content (AvgIpc) is 2.60. The van der Waals surface area contributed by atoms with Gasteiger partial charge in [-0.05, 0) is 51.3 Å². The molecule has 8 nitrogen and oxygen atoms in total. The summed E-state index contributed by atoms with van der Waals surface area (Å²) in [4.78, 5) is 33.4. The van der Waals surface area contributed by atoms with E-state index in [0.29, 0.717) is 23.7 Å². The van der Waals surface area contributed by atoms with Crippen LogP contribution in [0, 0.1) is 0 Å². The van der Waals surface area contributed by atoms with Gasteiger partial charge in [-0.15, -0.1) is 0 Å². The first-order chi connectivity index (χ1) is 12.4. The lowest BCUT2D eigenvalue weighted by Crippen LogP contribution is -2.27. The monoisotopic (exact) mass is 356 g/mol. The van der Waals surface area contributed by atoms with Crippen molar-refractivity contribution in [3.63, 3.8) is 0 Å². The molecule has 26 heavy (non-hydrogen) atoms. The van der Waals surface area contributed by atoms with Gasteiger partial charge in [-0.25, -0.2) is 9.97 Å². The summed E-state index contributed by atoms with van der Waals surface area (Å²) in [7, 11) is 3.99. The number of benzene rings is 1. The van der Waals surface area contributed by atoms with E-state index >= 15 is 0 Å². The minimum absolute atomic E-state index is 0.121. The zero-order valence-electron chi connectivity index (χ0n) is 15.2. The zero-order chi connectivity index (χ0) is 18.9. The van der Waals surface area contributed by atoms with Crippen molar-refractivity contribution in [3.05, 3.63) is 42.2 Å². The molecule has 138 valence electrons. The molecule has 8 heteroatoms. The summed E-state index contributed by atoms with van der Waals surface area (Å²) in [5.41, 5.74) is 1.91. The third-order valence-electron chi connectivity index (χ3n) is 3.44. The molecule has 0 atom stereocenters. The van der Waals surface area contributed by atoms with E-state index in [1.54, 1.807) is 24.3 Å². The number of hydrogen-bond acceptors (Lipinski definition) is 6. The number of nitrogens with one attached hydrogen (secondary N) is 3. The second kappa shape index (κ2) is 9.47. The Kier molecular flexibility index (Phi) is 7.04. The molecule has 1 aromatic carbocycles. The van der Waals surface area contributed by atoms with Crippen LogP contribution in [0.2, 0.25) is 0 Å². The van der Waals surface area contributed by atoms with Gasteiger partial charge in [-0.3, -0.25) is 9.59 Å². The van der Waals surface area contributed by atoms with Gasteiger partial charge in [0.25, 0.3) is 5.91 Å². The topological polar surface area (TPSA) is 99.2 Å². The van der Waals surface area contributed by atoms with Crippen LogP contribution in [0.5, 0.6) is 0 Å². The lowest BCUT2D eigenvalue weighted by molar-refractivity contribution is -0.114. The second-order valence-corrected chi connectivity index (χ2v) is 6.09. The van der Waals surface area contributed by atoms with E-state index in [-0.39, 0.29) is 11.8 Å². The van der Waals surface area contributed by atoms with Crippen LogP contribution in [0.3, 0.4) is 0 Å². The maximum absolute atomic E-state index is 12.0. The van der Waals surface area contributed by atoms with Crippen LogP contribution in [0.25, 0.3) is 0 Å². The fourth-order valence-corrected chi connectivity index (χ4v) is 2.18. The van der Waals surface area contributed by atoms with Crippen molar-refractivity contribution >= 4 is 29.1 Å². The number of carbonyl (C=O) groups excluding carboxylic acids is 2. The number of amides is 2. The van der Waals surface area contributed by atoms with Gasteiger partial charge < -0.3 is 20.9 Å². The molecular weight excluding hydrogens is 332 g/mol. The van der Waals surface area contributed by atoms with Crippen LogP contribution in [-0.2, 0) is 4.79 Å².